The summed E-state index contributed by atoms with van der Waals surface area (Å²) < 4.78 is 13.0. The van der Waals surface area contributed by atoms with E-state index in [2.05, 4.69) is 15.2 Å². The van der Waals surface area contributed by atoms with E-state index >= 15 is 0 Å². The van der Waals surface area contributed by atoms with Crippen LogP contribution in [0.1, 0.15) is 10.8 Å². The SMILES string of the molecule is NC(=O)C(Sc1n[nH]c(-c2ccc(Cl)cc2)n1)c1ccc(F)cc1. The first kappa shape index (κ1) is 16.5. The number of hydrogen-bond acceptors (Lipinski definition) is 4. The Kier molecular flexibility index (Phi) is 4.82. The number of benzene rings is 2. The molecule has 0 radical (unpaired) electrons. The summed E-state index contributed by atoms with van der Waals surface area (Å²) in [5.41, 5.74) is 6.86. The Labute approximate surface area is 146 Å². The third kappa shape index (κ3) is 3.74. The number of halogens is 2. The van der Waals surface area contributed by atoms with Crippen molar-refractivity contribution in [2.24, 2.45) is 5.73 Å². The topological polar surface area (TPSA) is 84.7 Å². The van der Waals surface area contributed by atoms with Gasteiger partial charge in [0.05, 0.1) is 0 Å². The van der Waals surface area contributed by atoms with Gasteiger partial charge in [0.15, 0.2) is 5.82 Å². The number of amides is 1. The molecule has 0 aliphatic heterocycles. The minimum absolute atomic E-state index is 0.369. The summed E-state index contributed by atoms with van der Waals surface area (Å²) in [6, 6.07) is 12.7. The van der Waals surface area contributed by atoms with Crippen LogP contribution in [0, 0.1) is 5.82 Å². The number of nitrogens with one attached hydrogen (secondary N) is 1. The maximum absolute atomic E-state index is 13.0. The second kappa shape index (κ2) is 7.02. The molecular formula is C16H12ClFN4OS. The number of aromatic amines is 1. The Balaban J connectivity index is 1.82. The molecule has 0 fully saturated rings. The van der Waals surface area contributed by atoms with Crippen molar-refractivity contribution >= 4 is 29.3 Å². The van der Waals surface area contributed by atoms with E-state index in [1.54, 1.807) is 12.1 Å². The van der Waals surface area contributed by atoms with Gasteiger partial charge in [0.1, 0.15) is 11.1 Å². The highest BCUT2D eigenvalue weighted by Gasteiger charge is 2.22. The first-order valence-electron chi connectivity index (χ1n) is 6.93. The predicted molar refractivity (Wildman–Crippen MR) is 91.0 cm³/mol. The molecule has 1 atom stereocenters. The van der Waals surface area contributed by atoms with Gasteiger partial charge >= 0.3 is 0 Å². The summed E-state index contributed by atoms with van der Waals surface area (Å²) in [6.45, 7) is 0. The van der Waals surface area contributed by atoms with Gasteiger partial charge < -0.3 is 5.73 Å². The highest BCUT2D eigenvalue weighted by Crippen LogP contribution is 2.34. The number of nitrogens with two attached hydrogens (primary N) is 1. The Morgan fingerprint density at radius 1 is 1.17 bits per heavy atom. The average Bonchev–Trinajstić information content (AvgIpc) is 3.03. The van der Waals surface area contributed by atoms with Crippen LogP contribution in [0.25, 0.3) is 11.4 Å². The van der Waals surface area contributed by atoms with Crippen molar-refractivity contribution in [2.75, 3.05) is 0 Å². The van der Waals surface area contributed by atoms with Gasteiger partial charge in [-0.25, -0.2) is 9.37 Å². The first-order valence-corrected chi connectivity index (χ1v) is 8.18. The van der Waals surface area contributed by atoms with E-state index < -0.39 is 11.2 Å². The lowest BCUT2D eigenvalue weighted by Crippen LogP contribution is -2.19. The number of H-pyrrole nitrogens is 1. The van der Waals surface area contributed by atoms with Crippen LogP contribution in [-0.4, -0.2) is 21.1 Å². The van der Waals surface area contributed by atoms with Crippen molar-refractivity contribution in [1.29, 1.82) is 0 Å². The molecule has 24 heavy (non-hydrogen) atoms. The number of carbonyl (C=O) groups excluding carboxylic acids is 1. The molecule has 0 aliphatic carbocycles. The van der Waals surface area contributed by atoms with Crippen LogP contribution in [0.2, 0.25) is 5.02 Å². The number of nitrogens with zero attached hydrogens (tertiary/aromatic N) is 2. The largest absolute Gasteiger partial charge is 0.368 e. The maximum Gasteiger partial charge on any atom is 0.235 e. The number of thioether (sulfide) groups is 1. The molecular weight excluding hydrogens is 351 g/mol. The lowest BCUT2D eigenvalue weighted by atomic mass is 10.1. The van der Waals surface area contributed by atoms with E-state index in [4.69, 9.17) is 17.3 Å². The van der Waals surface area contributed by atoms with Crippen molar-refractivity contribution in [3.63, 3.8) is 0 Å². The van der Waals surface area contributed by atoms with Crippen LogP contribution in [0.15, 0.2) is 53.7 Å². The van der Waals surface area contributed by atoms with Crippen molar-refractivity contribution in [1.82, 2.24) is 15.2 Å². The molecule has 0 bridgehead atoms. The summed E-state index contributed by atoms with van der Waals surface area (Å²) in [5.74, 6) is -0.379. The van der Waals surface area contributed by atoms with E-state index in [0.29, 0.717) is 21.6 Å². The quantitative estimate of drug-likeness (QED) is 0.679. The molecule has 0 saturated carbocycles. The monoisotopic (exact) mass is 362 g/mol. The van der Waals surface area contributed by atoms with E-state index in [1.165, 1.54) is 24.3 Å². The van der Waals surface area contributed by atoms with Gasteiger partial charge in [-0.3, -0.25) is 9.89 Å². The van der Waals surface area contributed by atoms with E-state index in [9.17, 15) is 9.18 Å². The number of rotatable bonds is 5. The zero-order valence-corrected chi connectivity index (χ0v) is 13.8. The Morgan fingerprint density at radius 3 is 2.46 bits per heavy atom. The molecule has 1 heterocycles. The minimum Gasteiger partial charge on any atom is -0.368 e. The van der Waals surface area contributed by atoms with Gasteiger partial charge in [-0.1, -0.05) is 35.5 Å². The zero-order chi connectivity index (χ0) is 17.1. The fraction of sp³-hybridized carbons (Fsp3) is 0.0625. The van der Waals surface area contributed by atoms with Gasteiger partial charge in [-0.05, 0) is 42.0 Å². The number of aromatic nitrogens is 3. The number of carbonyl (C=O) groups is 1. The first-order chi connectivity index (χ1) is 11.5. The van der Waals surface area contributed by atoms with Crippen LogP contribution in [-0.2, 0) is 4.79 Å². The smallest absolute Gasteiger partial charge is 0.235 e. The molecule has 3 N–H and O–H groups in total. The standard InChI is InChI=1S/C16H12ClFN4OS/c17-11-5-1-10(2-6-11)15-20-16(22-21-15)24-13(14(19)23)9-3-7-12(18)8-4-9/h1-8,13H,(H2,19,23)(H,20,21,22). The fourth-order valence-corrected chi connectivity index (χ4v) is 3.06. The van der Waals surface area contributed by atoms with Crippen molar-refractivity contribution in [3.8, 4) is 11.4 Å². The van der Waals surface area contributed by atoms with Crippen LogP contribution >= 0.6 is 23.4 Å². The van der Waals surface area contributed by atoms with Gasteiger partial charge in [0.2, 0.25) is 11.1 Å². The van der Waals surface area contributed by atoms with Gasteiger partial charge in [0, 0.05) is 10.6 Å². The summed E-state index contributed by atoms with van der Waals surface area (Å²) in [7, 11) is 0. The van der Waals surface area contributed by atoms with Crippen molar-refractivity contribution in [2.45, 2.75) is 10.4 Å². The Morgan fingerprint density at radius 2 is 1.83 bits per heavy atom. The normalized spacial score (nSPS) is 12.1. The summed E-state index contributed by atoms with van der Waals surface area (Å²) in [6.07, 6.45) is 0. The number of primary amides is 1. The van der Waals surface area contributed by atoms with Crippen molar-refractivity contribution < 1.29 is 9.18 Å². The molecule has 122 valence electrons. The maximum atomic E-state index is 13.0. The second-order valence-electron chi connectivity index (χ2n) is 4.93. The summed E-state index contributed by atoms with van der Waals surface area (Å²) in [4.78, 5) is 16.1. The highest BCUT2D eigenvalue weighted by molar-refractivity contribution is 8.00. The Hall–Kier alpha value is -2.38. The van der Waals surface area contributed by atoms with Gasteiger partial charge in [0.25, 0.3) is 0 Å². The molecule has 0 saturated heterocycles. The predicted octanol–water partition coefficient (Wildman–Crippen LogP) is 3.58. The minimum atomic E-state index is -0.709. The molecule has 1 unspecified atom stereocenters. The second-order valence-corrected chi connectivity index (χ2v) is 6.43. The highest BCUT2D eigenvalue weighted by atomic mass is 35.5. The Bertz CT molecular complexity index is 851. The van der Waals surface area contributed by atoms with Gasteiger partial charge in [-0.2, -0.15) is 0 Å². The average molecular weight is 363 g/mol. The lowest BCUT2D eigenvalue weighted by Gasteiger charge is -2.10. The van der Waals surface area contributed by atoms with E-state index in [-0.39, 0.29) is 5.82 Å². The molecule has 1 amide bonds. The van der Waals surface area contributed by atoms with E-state index in [0.717, 1.165) is 17.3 Å². The van der Waals surface area contributed by atoms with Crippen LogP contribution in [0.4, 0.5) is 4.39 Å². The summed E-state index contributed by atoms with van der Waals surface area (Å²) in [5, 5.41) is 7.18. The zero-order valence-electron chi connectivity index (χ0n) is 12.2. The molecule has 8 heteroatoms. The molecule has 1 aromatic heterocycles. The molecule has 5 nitrogen and oxygen atoms in total. The fourth-order valence-electron chi connectivity index (χ4n) is 2.07. The van der Waals surface area contributed by atoms with Crippen molar-refractivity contribution in [3.05, 3.63) is 64.9 Å². The van der Waals surface area contributed by atoms with Gasteiger partial charge in [-0.15, -0.1) is 5.10 Å². The van der Waals surface area contributed by atoms with Crippen LogP contribution < -0.4 is 5.73 Å². The van der Waals surface area contributed by atoms with E-state index in [1.807, 2.05) is 12.1 Å². The molecule has 3 rings (SSSR count). The third-order valence-corrected chi connectivity index (χ3v) is 4.62. The lowest BCUT2D eigenvalue weighted by molar-refractivity contribution is -0.117. The van der Waals surface area contributed by atoms with Crippen LogP contribution in [0.5, 0.6) is 0 Å². The van der Waals surface area contributed by atoms with Crippen LogP contribution in [0.3, 0.4) is 0 Å². The number of hydrogen-bond donors (Lipinski definition) is 2. The molecule has 0 aliphatic rings. The summed E-state index contributed by atoms with van der Waals surface area (Å²) >= 11 is 6.96. The third-order valence-electron chi connectivity index (χ3n) is 3.24. The molecule has 0 spiro atoms. The molecule has 3 aromatic rings. The molecule has 2 aromatic carbocycles.